The molecule has 1 fully saturated rings. The maximum absolute atomic E-state index is 9.15. The molecule has 0 amide bonds. The zero-order valence-corrected chi connectivity index (χ0v) is 13.3. The van der Waals surface area contributed by atoms with Gasteiger partial charge in [0.05, 0.1) is 11.3 Å². The number of halogens is 1. The first-order valence-electron chi connectivity index (χ1n) is 7.36. The van der Waals surface area contributed by atoms with Crippen LogP contribution in [0.1, 0.15) is 52.0 Å². The number of rotatable bonds is 2. The first-order valence-corrected chi connectivity index (χ1v) is 7.74. The average molecular weight is 291 g/mol. The fourth-order valence-corrected chi connectivity index (χ4v) is 3.23. The largest absolute Gasteiger partial charge is 0.381 e. The molecule has 3 heteroatoms. The summed E-state index contributed by atoms with van der Waals surface area (Å²) in [5.41, 5.74) is 1.95. The van der Waals surface area contributed by atoms with Crippen molar-refractivity contribution in [3.05, 3.63) is 28.8 Å². The third kappa shape index (κ3) is 3.67. The van der Waals surface area contributed by atoms with E-state index in [1.807, 2.05) is 6.07 Å². The van der Waals surface area contributed by atoms with E-state index in [1.54, 1.807) is 12.1 Å². The Morgan fingerprint density at radius 3 is 2.40 bits per heavy atom. The highest BCUT2D eigenvalue weighted by molar-refractivity contribution is 6.30. The van der Waals surface area contributed by atoms with Gasteiger partial charge in [0.2, 0.25) is 0 Å². The van der Waals surface area contributed by atoms with Crippen molar-refractivity contribution >= 4 is 17.3 Å². The zero-order valence-electron chi connectivity index (χ0n) is 12.5. The van der Waals surface area contributed by atoms with Gasteiger partial charge >= 0.3 is 0 Å². The SMILES string of the molecule is CC(C)(C)C1CCC(Nc2cc(Cl)ccc2C#N)CC1. The Morgan fingerprint density at radius 1 is 1.20 bits per heavy atom. The van der Waals surface area contributed by atoms with Gasteiger partial charge in [0, 0.05) is 11.1 Å². The van der Waals surface area contributed by atoms with Crippen LogP contribution in [0, 0.1) is 22.7 Å². The Bertz CT molecular complexity index is 503. The van der Waals surface area contributed by atoms with Gasteiger partial charge in [-0.1, -0.05) is 32.4 Å². The van der Waals surface area contributed by atoms with E-state index in [-0.39, 0.29) is 0 Å². The molecule has 1 aliphatic rings. The van der Waals surface area contributed by atoms with Crippen molar-refractivity contribution < 1.29 is 0 Å². The van der Waals surface area contributed by atoms with E-state index >= 15 is 0 Å². The molecule has 0 heterocycles. The van der Waals surface area contributed by atoms with E-state index in [9.17, 15) is 0 Å². The maximum Gasteiger partial charge on any atom is 0.101 e. The Hall–Kier alpha value is -1.20. The predicted octanol–water partition coefficient (Wildman–Crippen LogP) is 5.23. The summed E-state index contributed by atoms with van der Waals surface area (Å²) < 4.78 is 0. The van der Waals surface area contributed by atoms with E-state index in [2.05, 4.69) is 32.2 Å². The molecule has 0 radical (unpaired) electrons. The smallest absolute Gasteiger partial charge is 0.101 e. The van der Waals surface area contributed by atoms with Crippen LogP contribution in [0.4, 0.5) is 5.69 Å². The van der Waals surface area contributed by atoms with Gasteiger partial charge in [-0.05, 0) is 55.2 Å². The second kappa shape index (κ2) is 6.06. The lowest BCUT2D eigenvalue weighted by atomic mass is 9.71. The average Bonchev–Trinajstić information content (AvgIpc) is 2.38. The standard InChI is InChI=1S/C17H23ClN2/c1-17(2,3)13-5-8-15(9-6-13)20-16-10-14(18)7-4-12(16)11-19/h4,7,10,13,15,20H,5-6,8-9H2,1-3H3. The summed E-state index contributed by atoms with van der Waals surface area (Å²) >= 11 is 6.03. The van der Waals surface area contributed by atoms with Crippen LogP contribution < -0.4 is 5.32 Å². The summed E-state index contributed by atoms with van der Waals surface area (Å²) in [6.45, 7) is 6.99. The van der Waals surface area contributed by atoms with Gasteiger partial charge in [-0.15, -0.1) is 0 Å². The molecule has 108 valence electrons. The minimum atomic E-state index is 0.402. The molecular formula is C17H23ClN2. The van der Waals surface area contributed by atoms with Crippen LogP contribution in [0.15, 0.2) is 18.2 Å². The second-order valence-electron chi connectivity index (χ2n) is 6.86. The Labute approximate surface area is 127 Å². The highest BCUT2D eigenvalue weighted by Gasteiger charge is 2.29. The van der Waals surface area contributed by atoms with Crippen molar-refractivity contribution in [2.24, 2.45) is 11.3 Å². The number of hydrogen-bond acceptors (Lipinski definition) is 2. The minimum absolute atomic E-state index is 0.402. The molecule has 2 nitrogen and oxygen atoms in total. The zero-order chi connectivity index (χ0) is 14.8. The molecule has 0 bridgehead atoms. The van der Waals surface area contributed by atoms with Crippen LogP contribution in [-0.4, -0.2) is 6.04 Å². The van der Waals surface area contributed by atoms with Crippen LogP contribution in [0.2, 0.25) is 5.02 Å². The summed E-state index contributed by atoms with van der Waals surface area (Å²) in [5.74, 6) is 0.801. The third-order valence-corrected chi connectivity index (χ3v) is 4.65. The van der Waals surface area contributed by atoms with Crippen LogP contribution in [0.5, 0.6) is 0 Å². The van der Waals surface area contributed by atoms with Gasteiger partial charge in [-0.25, -0.2) is 0 Å². The van der Waals surface area contributed by atoms with Gasteiger partial charge in [0.15, 0.2) is 0 Å². The molecule has 1 saturated carbocycles. The van der Waals surface area contributed by atoms with Crippen molar-refractivity contribution in [2.75, 3.05) is 5.32 Å². The van der Waals surface area contributed by atoms with E-state index in [0.29, 0.717) is 22.0 Å². The molecule has 2 rings (SSSR count). The molecule has 0 spiro atoms. The van der Waals surface area contributed by atoms with Crippen LogP contribution in [0.25, 0.3) is 0 Å². The lowest BCUT2D eigenvalue weighted by Gasteiger charge is -2.37. The van der Waals surface area contributed by atoms with Crippen LogP contribution in [0.3, 0.4) is 0 Å². The molecule has 0 atom stereocenters. The first-order chi connectivity index (χ1) is 9.40. The van der Waals surface area contributed by atoms with Gasteiger partial charge in [-0.2, -0.15) is 5.26 Å². The summed E-state index contributed by atoms with van der Waals surface area (Å²) in [5, 5.41) is 13.3. The van der Waals surface area contributed by atoms with Crippen molar-refractivity contribution in [1.29, 1.82) is 5.26 Å². The van der Waals surface area contributed by atoms with Crippen molar-refractivity contribution in [2.45, 2.75) is 52.5 Å². The topological polar surface area (TPSA) is 35.8 Å². The summed E-state index contributed by atoms with van der Waals surface area (Å²) in [4.78, 5) is 0. The molecular weight excluding hydrogens is 268 g/mol. The Balaban J connectivity index is 2.00. The third-order valence-electron chi connectivity index (χ3n) is 4.41. The van der Waals surface area contributed by atoms with Crippen molar-refractivity contribution in [3.63, 3.8) is 0 Å². The molecule has 20 heavy (non-hydrogen) atoms. The highest BCUT2D eigenvalue weighted by Crippen LogP contribution is 2.38. The highest BCUT2D eigenvalue weighted by atomic mass is 35.5. The van der Waals surface area contributed by atoms with Gasteiger partial charge in [-0.3, -0.25) is 0 Å². The Kier molecular flexibility index (Phi) is 4.60. The fourth-order valence-electron chi connectivity index (χ4n) is 3.06. The van der Waals surface area contributed by atoms with E-state index in [1.165, 1.54) is 25.7 Å². The van der Waals surface area contributed by atoms with Crippen molar-refractivity contribution in [3.8, 4) is 6.07 Å². The first kappa shape index (κ1) is 15.2. The number of anilines is 1. The van der Waals surface area contributed by atoms with Crippen LogP contribution >= 0.6 is 11.6 Å². The molecule has 0 saturated heterocycles. The number of nitriles is 1. The molecule has 1 aliphatic carbocycles. The molecule has 0 unspecified atom stereocenters. The molecule has 0 aromatic heterocycles. The van der Waals surface area contributed by atoms with E-state index < -0.39 is 0 Å². The molecule has 1 aromatic carbocycles. The fraction of sp³-hybridized carbons (Fsp3) is 0.588. The van der Waals surface area contributed by atoms with Crippen molar-refractivity contribution in [1.82, 2.24) is 0 Å². The van der Waals surface area contributed by atoms with Crippen LogP contribution in [-0.2, 0) is 0 Å². The summed E-state index contributed by atoms with van der Waals surface area (Å²) in [6.07, 6.45) is 4.84. The summed E-state index contributed by atoms with van der Waals surface area (Å²) in [7, 11) is 0. The maximum atomic E-state index is 9.15. The van der Waals surface area contributed by atoms with E-state index in [4.69, 9.17) is 16.9 Å². The number of nitrogens with one attached hydrogen (secondary N) is 1. The second-order valence-corrected chi connectivity index (χ2v) is 7.30. The quantitative estimate of drug-likeness (QED) is 0.809. The molecule has 1 aromatic rings. The normalized spacial score (nSPS) is 23.1. The number of benzene rings is 1. The Morgan fingerprint density at radius 2 is 1.85 bits per heavy atom. The van der Waals surface area contributed by atoms with Gasteiger partial charge in [0.1, 0.15) is 6.07 Å². The predicted molar refractivity (Wildman–Crippen MR) is 85.0 cm³/mol. The molecule has 1 N–H and O–H groups in total. The lowest BCUT2D eigenvalue weighted by molar-refractivity contribution is 0.173. The number of hydrogen-bond donors (Lipinski definition) is 1. The number of nitrogens with zero attached hydrogens (tertiary/aromatic N) is 1. The van der Waals surface area contributed by atoms with Gasteiger partial charge < -0.3 is 5.32 Å². The van der Waals surface area contributed by atoms with Gasteiger partial charge in [0.25, 0.3) is 0 Å². The minimum Gasteiger partial charge on any atom is -0.381 e. The van der Waals surface area contributed by atoms with E-state index in [0.717, 1.165) is 11.6 Å². The lowest BCUT2D eigenvalue weighted by Crippen LogP contribution is -2.31. The monoisotopic (exact) mass is 290 g/mol. The summed E-state index contributed by atoms with van der Waals surface area (Å²) in [6, 6.07) is 8.09. The molecule has 0 aliphatic heterocycles.